The van der Waals surface area contributed by atoms with Crippen molar-refractivity contribution in [2.75, 3.05) is 11.6 Å². The van der Waals surface area contributed by atoms with Crippen molar-refractivity contribution in [3.63, 3.8) is 0 Å². The number of rotatable bonds is 2. The molecule has 1 aromatic carbocycles. The molecule has 0 aliphatic carbocycles. The molecule has 0 unspecified atom stereocenters. The average molecular weight is 238 g/mol. The van der Waals surface area contributed by atoms with Crippen molar-refractivity contribution in [2.45, 2.75) is 13.0 Å². The van der Waals surface area contributed by atoms with Gasteiger partial charge in [0, 0.05) is 12.4 Å². The van der Waals surface area contributed by atoms with Gasteiger partial charge in [0.05, 0.1) is 12.2 Å². The molecular formula is C14H14N4. The van der Waals surface area contributed by atoms with Crippen molar-refractivity contribution < 1.29 is 0 Å². The first-order chi connectivity index (χ1) is 8.84. The summed E-state index contributed by atoms with van der Waals surface area (Å²) >= 11 is 0. The Labute approximate surface area is 106 Å². The van der Waals surface area contributed by atoms with E-state index >= 15 is 0 Å². The normalized spacial score (nSPS) is 18.3. The lowest BCUT2D eigenvalue weighted by molar-refractivity contribution is 0.730. The summed E-state index contributed by atoms with van der Waals surface area (Å²) in [5.41, 5.74) is 3.50. The van der Waals surface area contributed by atoms with E-state index in [-0.39, 0.29) is 6.04 Å². The number of anilines is 1. The number of hydrogen-bond donors (Lipinski definition) is 0. The van der Waals surface area contributed by atoms with Crippen molar-refractivity contribution in [1.29, 1.82) is 0 Å². The van der Waals surface area contributed by atoms with Crippen molar-refractivity contribution in [3.05, 3.63) is 59.9 Å². The highest BCUT2D eigenvalue weighted by Gasteiger charge is 2.25. The summed E-state index contributed by atoms with van der Waals surface area (Å²) in [6, 6.07) is 12.5. The van der Waals surface area contributed by atoms with E-state index in [0.29, 0.717) is 6.54 Å². The molecular weight excluding hydrogens is 224 g/mol. The molecule has 3 rings (SSSR count). The van der Waals surface area contributed by atoms with Crippen LogP contribution in [0.5, 0.6) is 0 Å². The van der Waals surface area contributed by atoms with E-state index in [0.717, 1.165) is 5.69 Å². The number of pyridine rings is 1. The van der Waals surface area contributed by atoms with E-state index in [1.165, 1.54) is 11.1 Å². The van der Waals surface area contributed by atoms with E-state index in [4.69, 9.17) is 0 Å². The molecule has 4 nitrogen and oxygen atoms in total. The van der Waals surface area contributed by atoms with Crippen LogP contribution >= 0.6 is 0 Å². The molecule has 0 saturated heterocycles. The largest absolute Gasteiger partial charge is 0.265 e. The van der Waals surface area contributed by atoms with Crippen LogP contribution in [0.25, 0.3) is 0 Å². The van der Waals surface area contributed by atoms with Gasteiger partial charge >= 0.3 is 0 Å². The molecule has 0 bridgehead atoms. The van der Waals surface area contributed by atoms with Gasteiger partial charge in [-0.15, -0.1) is 0 Å². The van der Waals surface area contributed by atoms with Crippen LogP contribution in [0.15, 0.2) is 59.1 Å². The number of aromatic nitrogens is 1. The predicted molar refractivity (Wildman–Crippen MR) is 70.4 cm³/mol. The fourth-order valence-corrected chi connectivity index (χ4v) is 2.16. The van der Waals surface area contributed by atoms with Crippen molar-refractivity contribution >= 4 is 5.69 Å². The second kappa shape index (κ2) is 4.56. The van der Waals surface area contributed by atoms with Gasteiger partial charge in [-0.05, 0) is 42.3 Å². The number of aryl methyl sites for hydroxylation is 1. The molecule has 1 aromatic heterocycles. The molecule has 0 fully saturated rings. The highest BCUT2D eigenvalue weighted by molar-refractivity contribution is 5.50. The Bertz CT molecular complexity index is 565. The number of nitrogens with zero attached hydrogens (tertiary/aromatic N) is 4. The molecule has 0 N–H and O–H groups in total. The monoisotopic (exact) mass is 238 g/mol. The SMILES string of the molecule is Cc1cccc(N2N=NC[C@H]2c2ccncc2)c1. The summed E-state index contributed by atoms with van der Waals surface area (Å²) in [6.07, 6.45) is 3.62. The molecule has 2 aromatic rings. The van der Waals surface area contributed by atoms with Crippen LogP contribution in [0.3, 0.4) is 0 Å². The molecule has 90 valence electrons. The van der Waals surface area contributed by atoms with Gasteiger partial charge in [-0.25, -0.2) is 5.01 Å². The minimum Gasteiger partial charge on any atom is -0.265 e. The molecule has 0 amide bonds. The van der Waals surface area contributed by atoms with Gasteiger partial charge in [0.15, 0.2) is 0 Å². The van der Waals surface area contributed by atoms with Crippen LogP contribution < -0.4 is 5.01 Å². The van der Waals surface area contributed by atoms with Crippen molar-refractivity contribution in [1.82, 2.24) is 4.98 Å². The lowest BCUT2D eigenvalue weighted by atomic mass is 10.1. The maximum absolute atomic E-state index is 4.24. The average Bonchev–Trinajstić information content (AvgIpc) is 2.89. The van der Waals surface area contributed by atoms with Gasteiger partial charge in [-0.3, -0.25) is 4.98 Å². The Kier molecular flexibility index (Phi) is 2.76. The minimum absolute atomic E-state index is 0.176. The second-order valence-corrected chi connectivity index (χ2v) is 4.39. The van der Waals surface area contributed by atoms with Gasteiger partial charge < -0.3 is 0 Å². The number of hydrogen-bond acceptors (Lipinski definition) is 4. The smallest absolute Gasteiger partial charge is 0.101 e. The molecule has 18 heavy (non-hydrogen) atoms. The van der Waals surface area contributed by atoms with Crippen molar-refractivity contribution in [2.24, 2.45) is 10.3 Å². The molecule has 0 saturated carbocycles. The van der Waals surface area contributed by atoms with E-state index < -0.39 is 0 Å². The summed E-state index contributed by atoms with van der Waals surface area (Å²) in [7, 11) is 0. The zero-order valence-electron chi connectivity index (χ0n) is 10.2. The molecule has 1 aliphatic heterocycles. The lowest BCUT2D eigenvalue weighted by Crippen LogP contribution is -2.20. The molecule has 0 radical (unpaired) electrons. The first-order valence-electron chi connectivity index (χ1n) is 5.98. The Balaban J connectivity index is 1.94. The summed E-state index contributed by atoms with van der Waals surface area (Å²) in [4.78, 5) is 4.05. The Morgan fingerprint density at radius 1 is 1.17 bits per heavy atom. The summed E-state index contributed by atoms with van der Waals surface area (Å²) < 4.78 is 0. The van der Waals surface area contributed by atoms with Gasteiger partial charge in [-0.1, -0.05) is 17.4 Å². The topological polar surface area (TPSA) is 40.9 Å². The third kappa shape index (κ3) is 1.97. The zero-order valence-corrected chi connectivity index (χ0v) is 10.2. The Morgan fingerprint density at radius 2 is 2.00 bits per heavy atom. The number of benzene rings is 1. The van der Waals surface area contributed by atoms with Crippen LogP contribution in [-0.2, 0) is 0 Å². The molecule has 1 aliphatic rings. The highest BCUT2D eigenvalue weighted by Crippen LogP contribution is 2.31. The zero-order chi connectivity index (χ0) is 12.4. The van der Waals surface area contributed by atoms with Gasteiger partial charge in [-0.2, -0.15) is 5.11 Å². The van der Waals surface area contributed by atoms with Crippen molar-refractivity contribution in [3.8, 4) is 0 Å². The van der Waals surface area contributed by atoms with Crippen LogP contribution in [0.2, 0.25) is 0 Å². The van der Waals surface area contributed by atoms with Crippen LogP contribution in [-0.4, -0.2) is 11.5 Å². The minimum atomic E-state index is 0.176. The predicted octanol–water partition coefficient (Wildman–Crippen LogP) is 3.32. The summed E-state index contributed by atoms with van der Waals surface area (Å²) in [5.74, 6) is 0. The first kappa shape index (κ1) is 10.9. The molecule has 1 atom stereocenters. The fourth-order valence-electron chi connectivity index (χ4n) is 2.16. The highest BCUT2D eigenvalue weighted by atomic mass is 15.6. The van der Waals surface area contributed by atoms with Gasteiger partial charge in [0.2, 0.25) is 0 Å². The van der Waals surface area contributed by atoms with E-state index in [1.807, 2.05) is 35.6 Å². The van der Waals surface area contributed by atoms with Crippen LogP contribution in [0.1, 0.15) is 17.2 Å². The van der Waals surface area contributed by atoms with E-state index in [1.54, 1.807) is 0 Å². The fraction of sp³-hybridized carbons (Fsp3) is 0.214. The quantitative estimate of drug-likeness (QED) is 0.805. The van der Waals surface area contributed by atoms with E-state index in [2.05, 4.69) is 40.4 Å². The first-order valence-corrected chi connectivity index (χ1v) is 5.98. The molecule has 4 heteroatoms. The maximum atomic E-state index is 4.24. The standard InChI is InChI=1S/C14H14N4/c1-11-3-2-4-13(9-11)18-14(10-16-17-18)12-5-7-15-8-6-12/h2-9,14H,10H2,1H3/t14-/m0/s1. The molecule has 0 spiro atoms. The molecule has 2 heterocycles. The van der Waals surface area contributed by atoms with Crippen LogP contribution in [0, 0.1) is 6.92 Å². The van der Waals surface area contributed by atoms with Gasteiger partial charge in [0.25, 0.3) is 0 Å². The Morgan fingerprint density at radius 3 is 2.78 bits per heavy atom. The third-order valence-corrected chi connectivity index (χ3v) is 3.07. The Hall–Kier alpha value is -2.23. The third-order valence-electron chi connectivity index (χ3n) is 3.07. The summed E-state index contributed by atoms with van der Waals surface area (Å²) in [6.45, 7) is 2.77. The maximum Gasteiger partial charge on any atom is 0.101 e. The van der Waals surface area contributed by atoms with E-state index in [9.17, 15) is 0 Å². The summed E-state index contributed by atoms with van der Waals surface area (Å²) in [5, 5.41) is 10.4. The van der Waals surface area contributed by atoms with Gasteiger partial charge in [0.1, 0.15) is 6.04 Å². The lowest BCUT2D eigenvalue weighted by Gasteiger charge is -2.22. The second-order valence-electron chi connectivity index (χ2n) is 4.39. The van der Waals surface area contributed by atoms with Crippen LogP contribution in [0.4, 0.5) is 5.69 Å².